The number of nitrogens with one attached hydrogen (secondary N) is 1. The van der Waals surface area contributed by atoms with Crippen molar-refractivity contribution in [2.75, 3.05) is 12.4 Å². The molecule has 0 aliphatic carbocycles. The lowest BCUT2D eigenvalue weighted by Gasteiger charge is -2.08. The van der Waals surface area contributed by atoms with Crippen LogP contribution in [0, 0.1) is 0 Å². The maximum Gasteiger partial charge on any atom is 0.490 e. The summed E-state index contributed by atoms with van der Waals surface area (Å²) < 4.78 is 0. The van der Waals surface area contributed by atoms with Crippen LogP contribution in [0.25, 0.3) is 0 Å². The molecule has 0 fully saturated rings. The number of carboxylic acid groups (broad SMARTS) is 1. The fourth-order valence-electron chi connectivity index (χ4n) is 1.13. The van der Waals surface area contributed by atoms with Gasteiger partial charge in [0.25, 0.3) is 0 Å². The first-order chi connectivity index (χ1) is 8.56. The van der Waals surface area contributed by atoms with E-state index in [1.165, 1.54) is 18.2 Å². The second-order valence-corrected chi connectivity index (χ2v) is 2.73. The molecule has 1 aromatic rings. The molecule has 0 heterocycles. The van der Waals surface area contributed by atoms with Gasteiger partial charge in [0.1, 0.15) is 0 Å². The Kier molecular flexibility index (Phi) is 11.1. The van der Waals surface area contributed by atoms with Crippen molar-refractivity contribution in [2.24, 2.45) is 0 Å². The summed E-state index contributed by atoms with van der Waals surface area (Å²) in [6.07, 6.45) is 0. The van der Waals surface area contributed by atoms with Crippen molar-refractivity contribution in [1.29, 1.82) is 0 Å². The fraction of sp³-hybridized carbons (Fsp3) is 0.417. The van der Waals surface area contributed by atoms with Gasteiger partial charge in [-0.3, -0.25) is 0 Å². The summed E-state index contributed by atoms with van der Waals surface area (Å²) in [5.74, 6) is -1.06. The molecule has 102 valence electrons. The van der Waals surface area contributed by atoms with E-state index in [4.69, 9.17) is 15.2 Å². The first-order valence-corrected chi connectivity index (χ1v) is 5.97. The molecule has 5 nitrogen and oxygen atoms in total. The van der Waals surface area contributed by atoms with Crippen LogP contribution in [0.15, 0.2) is 18.2 Å². The van der Waals surface area contributed by atoms with Gasteiger partial charge in [-0.05, 0) is 12.1 Å². The van der Waals surface area contributed by atoms with Crippen molar-refractivity contribution in [2.45, 2.75) is 27.7 Å². The number of rotatable bonds is 3. The van der Waals surface area contributed by atoms with Crippen molar-refractivity contribution in [3.8, 4) is 0 Å². The van der Waals surface area contributed by atoms with Crippen LogP contribution < -0.4 is 10.8 Å². The number of hydrogen-bond acceptors (Lipinski definition) is 4. The van der Waals surface area contributed by atoms with E-state index in [0.29, 0.717) is 5.69 Å². The molecular formula is C12H22BNO4. The normalized spacial score (nSPS) is 8.17. The zero-order valence-electron chi connectivity index (χ0n) is 11.6. The monoisotopic (exact) mass is 255 g/mol. The van der Waals surface area contributed by atoms with E-state index in [1.807, 2.05) is 27.7 Å². The third-order valence-electron chi connectivity index (χ3n) is 1.85. The summed E-state index contributed by atoms with van der Waals surface area (Å²) in [5, 5.41) is 29.2. The van der Waals surface area contributed by atoms with E-state index in [1.54, 1.807) is 7.05 Å². The molecular weight excluding hydrogens is 233 g/mol. The molecule has 18 heavy (non-hydrogen) atoms. The van der Waals surface area contributed by atoms with Crippen LogP contribution in [-0.4, -0.2) is 35.3 Å². The van der Waals surface area contributed by atoms with E-state index in [-0.39, 0.29) is 11.0 Å². The van der Waals surface area contributed by atoms with Gasteiger partial charge in [-0.15, -0.1) is 0 Å². The first kappa shape index (κ1) is 18.8. The Morgan fingerprint density at radius 1 is 1.17 bits per heavy atom. The molecule has 0 aliphatic heterocycles. The maximum absolute atomic E-state index is 10.6. The fourth-order valence-corrected chi connectivity index (χ4v) is 1.13. The highest BCUT2D eigenvalue weighted by atomic mass is 16.4. The van der Waals surface area contributed by atoms with Gasteiger partial charge in [0.2, 0.25) is 0 Å². The minimum absolute atomic E-state index is 0.0961. The van der Waals surface area contributed by atoms with Crippen molar-refractivity contribution < 1.29 is 19.9 Å². The van der Waals surface area contributed by atoms with Gasteiger partial charge < -0.3 is 20.5 Å². The summed E-state index contributed by atoms with van der Waals surface area (Å²) in [4.78, 5) is 10.6. The summed E-state index contributed by atoms with van der Waals surface area (Å²) in [7, 11) is -0.0346. The Hall–Kier alpha value is -1.53. The lowest BCUT2D eigenvalue weighted by atomic mass is 9.78. The molecule has 0 spiro atoms. The molecule has 0 atom stereocenters. The van der Waals surface area contributed by atoms with Gasteiger partial charge >= 0.3 is 13.1 Å². The predicted molar refractivity (Wildman–Crippen MR) is 75.5 cm³/mol. The first-order valence-electron chi connectivity index (χ1n) is 5.97. The van der Waals surface area contributed by atoms with Crippen LogP contribution in [0.1, 0.15) is 38.1 Å². The largest absolute Gasteiger partial charge is 0.490 e. The number of anilines is 1. The summed E-state index contributed by atoms with van der Waals surface area (Å²) in [6, 6.07) is 4.02. The highest BCUT2D eigenvalue weighted by Crippen LogP contribution is 2.08. The van der Waals surface area contributed by atoms with Crippen LogP contribution >= 0.6 is 0 Å². The van der Waals surface area contributed by atoms with E-state index in [9.17, 15) is 4.79 Å². The van der Waals surface area contributed by atoms with E-state index in [2.05, 4.69) is 5.32 Å². The van der Waals surface area contributed by atoms with Gasteiger partial charge in [0.15, 0.2) is 0 Å². The van der Waals surface area contributed by atoms with E-state index in [0.717, 1.165) is 0 Å². The number of carbonyl (C=O) groups is 1. The molecule has 4 N–H and O–H groups in total. The average molecular weight is 255 g/mol. The highest BCUT2D eigenvalue weighted by molar-refractivity contribution is 6.60. The van der Waals surface area contributed by atoms with Crippen LogP contribution in [0.3, 0.4) is 0 Å². The lowest BCUT2D eigenvalue weighted by Crippen LogP contribution is -2.32. The maximum atomic E-state index is 10.6. The van der Waals surface area contributed by atoms with Gasteiger partial charge in [-0.2, -0.15) is 0 Å². The Bertz CT molecular complexity index is 356. The van der Waals surface area contributed by atoms with Gasteiger partial charge in [0, 0.05) is 18.2 Å². The van der Waals surface area contributed by atoms with Crippen molar-refractivity contribution in [1.82, 2.24) is 0 Å². The number of hydrogen-bond donors (Lipinski definition) is 4. The van der Waals surface area contributed by atoms with Gasteiger partial charge in [-0.1, -0.05) is 33.8 Å². The molecule has 6 heteroatoms. The average Bonchev–Trinajstić information content (AvgIpc) is 2.42. The standard InChI is InChI=1S/C8H10BNO4.2C2H6/c1-10-7-4-5(8(11)12)2-3-6(7)9(13)14;2*1-2/h2-4,10,13-14H,1H3,(H,11,12);2*1-2H3. The zero-order chi connectivity index (χ0) is 14.7. The molecule has 1 rings (SSSR count). The Morgan fingerprint density at radius 2 is 1.67 bits per heavy atom. The second kappa shape index (κ2) is 10.6. The van der Waals surface area contributed by atoms with Crippen molar-refractivity contribution in [3.05, 3.63) is 23.8 Å². The summed E-state index contributed by atoms with van der Waals surface area (Å²) in [6.45, 7) is 8.00. The molecule has 0 radical (unpaired) electrons. The molecule has 0 bridgehead atoms. The second-order valence-electron chi connectivity index (χ2n) is 2.73. The number of aromatic carboxylic acids is 1. The number of carboxylic acids is 1. The zero-order valence-corrected chi connectivity index (χ0v) is 11.6. The quantitative estimate of drug-likeness (QED) is 0.608. The number of benzene rings is 1. The minimum atomic E-state index is -1.61. The Balaban J connectivity index is 0. The third-order valence-corrected chi connectivity index (χ3v) is 1.85. The van der Waals surface area contributed by atoms with Crippen LogP contribution in [0.4, 0.5) is 5.69 Å². The Morgan fingerprint density at radius 3 is 2.00 bits per heavy atom. The topological polar surface area (TPSA) is 89.8 Å². The van der Waals surface area contributed by atoms with Crippen LogP contribution in [0.5, 0.6) is 0 Å². The molecule has 0 saturated carbocycles. The van der Waals surface area contributed by atoms with Crippen molar-refractivity contribution >= 4 is 24.2 Å². The summed E-state index contributed by atoms with van der Waals surface area (Å²) in [5.41, 5.74) is 0.733. The van der Waals surface area contributed by atoms with Gasteiger partial charge in [-0.25, -0.2) is 4.79 Å². The molecule has 0 amide bonds. The lowest BCUT2D eigenvalue weighted by molar-refractivity contribution is 0.0697. The van der Waals surface area contributed by atoms with Gasteiger partial charge in [0.05, 0.1) is 5.56 Å². The molecule has 0 saturated heterocycles. The van der Waals surface area contributed by atoms with E-state index >= 15 is 0 Å². The van der Waals surface area contributed by atoms with Crippen LogP contribution in [0.2, 0.25) is 0 Å². The minimum Gasteiger partial charge on any atom is -0.478 e. The molecule has 1 aromatic carbocycles. The predicted octanol–water partition coefficient (Wildman–Crippen LogP) is 1.16. The highest BCUT2D eigenvalue weighted by Gasteiger charge is 2.16. The molecule has 0 aromatic heterocycles. The molecule has 0 aliphatic rings. The van der Waals surface area contributed by atoms with Crippen molar-refractivity contribution in [3.63, 3.8) is 0 Å². The Labute approximate surface area is 109 Å². The van der Waals surface area contributed by atoms with Crippen LogP contribution in [-0.2, 0) is 0 Å². The SMILES string of the molecule is CC.CC.CNc1cc(C(=O)O)ccc1B(O)O. The smallest absolute Gasteiger partial charge is 0.478 e. The summed E-state index contributed by atoms with van der Waals surface area (Å²) >= 11 is 0. The molecule has 0 unspecified atom stereocenters. The third kappa shape index (κ3) is 5.70. The van der Waals surface area contributed by atoms with E-state index < -0.39 is 13.1 Å².